The Kier molecular flexibility index (Phi) is 5.03. The lowest BCUT2D eigenvalue weighted by Gasteiger charge is -2.17. The first-order valence-electron chi connectivity index (χ1n) is 8.51. The molecule has 2 aromatic rings. The lowest BCUT2D eigenvalue weighted by molar-refractivity contribution is 0.0963. The van der Waals surface area contributed by atoms with Crippen LogP contribution in [0.1, 0.15) is 34.3 Å². The smallest absolute Gasteiger partial charge is 0.315 e. The zero-order valence-corrected chi connectivity index (χ0v) is 14.3. The topological polar surface area (TPSA) is 70.2 Å². The Morgan fingerprint density at radius 2 is 1.64 bits per heavy atom. The molecule has 0 atom stereocenters. The summed E-state index contributed by atoms with van der Waals surface area (Å²) in [6.07, 6.45) is 2.22. The van der Waals surface area contributed by atoms with Crippen molar-refractivity contribution in [1.29, 1.82) is 0 Å². The van der Waals surface area contributed by atoms with Gasteiger partial charge in [0.25, 0.3) is 5.91 Å². The Labute approximate surface area is 147 Å². The van der Waals surface area contributed by atoms with Crippen molar-refractivity contribution in [1.82, 2.24) is 16.0 Å². The number of amides is 3. The Morgan fingerprint density at radius 1 is 0.960 bits per heavy atom. The van der Waals surface area contributed by atoms with Crippen molar-refractivity contribution in [3.63, 3.8) is 0 Å². The molecule has 1 aliphatic rings. The molecule has 2 aromatic carbocycles. The SMILES string of the molecule is CNC(=O)c1ccc(CNC(=O)NCC2(c3ccccc3)CC2)cc1. The molecule has 3 rings (SSSR count). The minimum Gasteiger partial charge on any atom is -0.355 e. The molecule has 0 heterocycles. The van der Waals surface area contributed by atoms with E-state index in [2.05, 4.69) is 28.1 Å². The van der Waals surface area contributed by atoms with Gasteiger partial charge < -0.3 is 16.0 Å². The largest absolute Gasteiger partial charge is 0.355 e. The first-order valence-corrected chi connectivity index (χ1v) is 8.51. The van der Waals surface area contributed by atoms with Crippen LogP contribution < -0.4 is 16.0 Å². The van der Waals surface area contributed by atoms with Crippen LogP contribution in [-0.2, 0) is 12.0 Å². The standard InChI is InChI=1S/C20H23N3O2/c1-21-18(24)16-9-7-15(8-10-16)13-22-19(25)23-14-20(11-12-20)17-5-3-2-4-6-17/h2-10H,11-14H2,1H3,(H,21,24)(H2,22,23,25). The number of nitrogens with one attached hydrogen (secondary N) is 3. The zero-order valence-electron chi connectivity index (χ0n) is 14.3. The minimum absolute atomic E-state index is 0.105. The van der Waals surface area contributed by atoms with E-state index in [9.17, 15) is 9.59 Å². The van der Waals surface area contributed by atoms with E-state index in [0.717, 1.165) is 18.4 Å². The average Bonchev–Trinajstić information content (AvgIpc) is 3.46. The van der Waals surface area contributed by atoms with Crippen LogP contribution in [0.3, 0.4) is 0 Å². The van der Waals surface area contributed by atoms with Crippen molar-refractivity contribution in [2.45, 2.75) is 24.8 Å². The molecule has 0 unspecified atom stereocenters. The molecule has 0 spiro atoms. The lowest BCUT2D eigenvalue weighted by Crippen LogP contribution is -2.39. The van der Waals surface area contributed by atoms with Crippen molar-refractivity contribution in [2.24, 2.45) is 0 Å². The summed E-state index contributed by atoms with van der Waals surface area (Å²) >= 11 is 0. The molecule has 0 saturated heterocycles. The van der Waals surface area contributed by atoms with E-state index < -0.39 is 0 Å². The molecular weight excluding hydrogens is 314 g/mol. The molecule has 1 aliphatic carbocycles. The van der Waals surface area contributed by atoms with Gasteiger partial charge in [-0.15, -0.1) is 0 Å². The molecule has 5 nitrogen and oxygen atoms in total. The van der Waals surface area contributed by atoms with Gasteiger partial charge in [-0.1, -0.05) is 42.5 Å². The number of benzene rings is 2. The van der Waals surface area contributed by atoms with Crippen molar-refractivity contribution in [3.05, 3.63) is 71.3 Å². The van der Waals surface area contributed by atoms with Crippen molar-refractivity contribution in [2.75, 3.05) is 13.6 Å². The van der Waals surface area contributed by atoms with Gasteiger partial charge in [0.2, 0.25) is 0 Å². The van der Waals surface area contributed by atoms with Gasteiger partial charge in [-0.3, -0.25) is 4.79 Å². The highest BCUT2D eigenvalue weighted by Crippen LogP contribution is 2.47. The first-order chi connectivity index (χ1) is 12.1. The van der Waals surface area contributed by atoms with Gasteiger partial charge >= 0.3 is 6.03 Å². The average molecular weight is 337 g/mol. The van der Waals surface area contributed by atoms with Crippen molar-refractivity contribution >= 4 is 11.9 Å². The molecule has 0 bridgehead atoms. The molecule has 25 heavy (non-hydrogen) atoms. The highest BCUT2D eigenvalue weighted by molar-refractivity contribution is 5.93. The van der Waals surface area contributed by atoms with Gasteiger partial charge in [0.05, 0.1) is 0 Å². The van der Waals surface area contributed by atoms with Gasteiger partial charge in [-0.05, 0) is 36.1 Å². The maximum atomic E-state index is 12.1. The summed E-state index contributed by atoms with van der Waals surface area (Å²) in [5.74, 6) is -0.118. The number of urea groups is 1. The Morgan fingerprint density at radius 3 is 2.24 bits per heavy atom. The summed E-state index contributed by atoms with van der Waals surface area (Å²) < 4.78 is 0. The second kappa shape index (κ2) is 7.38. The van der Waals surface area contributed by atoms with E-state index in [1.165, 1.54) is 5.56 Å². The third-order valence-corrected chi connectivity index (χ3v) is 4.72. The van der Waals surface area contributed by atoms with Crippen LogP contribution in [-0.4, -0.2) is 25.5 Å². The van der Waals surface area contributed by atoms with Gasteiger partial charge in [0.1, 0.15) is 0 Å². The van der Waals surface area contributed by atoms with Crippen LogP contribution in [0, 0.1) is 0 Å². The van der Waals surface area contributed by atoms with Gasteiger partial charge in [-0.25, -0.2) is 4.79 Å². The van der Waals surface area contributed by atoms with Crippen LogP contribution in [0.15, 0.2) is 54.6 Å². The normalized spacial score (nSPS) is 14.4. The fourth-order valence-electron chi connectivity index (χ4n) is 2.92. The molecule has 3 amide bonds. The van der Waals surface area contributed by atoms with Crippen molar-refractivity contribution in [3.8, 4) is 0 Å². The highest BCUT2D eigenvalue weighted by Gasteiger charge is 2.44. The molecule has 3 N–H and O–H groups in total. The first kappa shape index (κ1) is 17.0. The van der Waals surface area contributed by atoms with Crippen LogP contribution in [0.5, 0.6) is 0 Å². The van der Waals surface area contributed by atoms with Crippen LogP contribution in [0.25, 0.3) is 0 Å². The summed E-state index contributed by atoms with van der Waals surface area (Å²) in [6.45, 7) is 1.08. The number of carbonyl (C=O) groups excluding carboxylic acids is 2. The summed E-state index contributed by atoms with van der Waals surface area (Å²) in [4.78, 5) is 23.6. The van der Waals surface area contributed by atoms with Crippen LogP contribution >= 0.6 is 0 Å². The second-order valence-electron chi connectivity index (χ2n) is 6.46. The summed E-state index contributed by atoms with van der Waals surface area (Å²) in [5.41, 5.74) is 2.95. The second-order valence-corrected chi connectivity index (χ2v) is 6.46. The monoisotopic (exact) mass is 337 g/mol. The zero-order chi connectivity index (χ0) is 17.7. The summed E-state index contributed by atoms with van der Waals surface area (Å²) in [6, 6.07) is 17.4. The third-order valence-electron chi connectivity index (χ3n) is 4.72. The molecule has 0 aliphatic heterocycles. The predicted molar refractivity (Wildman–Crippen MR) is 97.4 cm³/mol. The summed E-state index contributed by atoms with van der Waals surface area (Å²) in [5, 5.41) is 8.42. The maximum absolute atomic E-state index is 12.1. The molecule has 1 saturated carbocycles. The summed E-state index contributed by atoms with van der Waals surface area (Å²) in [7, 11) is 1.60. The van der Waals surface area contributed by atoms with E-state index in [4.69, 9.17) is 0 Å². The third kappa shape index (κ3) is 4.18. The molecule has 0 aromatic heterocycles. The fraction of sp³-hybridized carbons (Fsp3) is 0.300. The molecule has 130 valence electrons. The number of rotatable bonds is 6. The van der Waals surface area contributed by atoms with E-state index in [1.54, 1.807) is 19.2 Å². The lowest BCUT2D eigenvalue weighted by atomic mass is 9.96. The van der Waals surface area contributed by atoms with Crippen LogP contribution in [0.2, 0.25) is 0 Å². The Balaban J connectivity index is 1.46. The molecule has 1 fully saturated rings. The van der Waals surface area contributed by atoms with Gasteiger partial charge in [-0.2, -0.15) is 0 Å². The Hall–Kier alpha value is -2.82. The van der Waals surface area contributed by atoms with Gasteiger partial charge in [0, 0.05) is 31.1 Å². The minimum atomic E-state index is -0.169. The Bertz CT molecular complexity index is 737. The predicted octanol–water partition coefficient (Wildman–Crippen LogP) is 2.58. The van der Waals surface area contributed by atoms with Crippen LogP contribution in [0.4, 0.5) is 4.79 Å². The number of carbonyl (C=O) groups is 2. The number of hydrogen-bond acceptors (Lipinski definition) is 2. The van der Waals surface area contributed by atoms with Gasteiger partial charge in [0.15, 0.2) is 0 Å². The molecule has 5 heteroatoms. The number of hydrogen-bond donors (Lipinski definition) is 3. The van der Waals surface area contributed by atoms with Crippen molar-refractivity contribution < 1.29 is 9.59 Å². The van der Waals surface area contributed by atoms with E-state index in [-0.39, 0.29) is 17.4 Å². The highest BCUT2D eigenvalue weighted by atomic mass is 16.2. The maximum Gasteiger partial charge on any atom is 0.315 e. The quantitative estimate of drug-likeness (QED) is 0.758. The van der Waals surface area contributed by atoms with E-state index in [1.807, 2.05) is 30.3 Å². The molecular formula is C20H23N3O2. The van der Waals surface area contributed by atoms with E-state index in [0.29, 0.717) is 18.7 Å². The molecule has 0 radical (unpaired) electrons. The fourth-order valence-corrected chi connectivity index (χ4v) is 2.92. The van der Waals surface area contributed by atoms with E-state index >= 15 is 0 Å².